The number of rotatable bonds is 5. The first kappa shape index (κ1) is 16.2. The summed E-state index contributed by atoms with van der Waals surface area (Å²) >= 11 is 0. The molecule has 4 rings (SSSR count). The van der Waals surface area contributed by atoms with Crippen molar-refractivity contribution < 1.29 is 4.74 Å². The molecule has 0 spiro atoms. The predicted octanol–water partition coefficient (Wildman–Crippen LogP) is 5.47. The second-order valence-corrected chi connectivity index (χ2v) is 7.11. The highest BCUT2D eigenvalue weighted by Gasteiger charge is 2.22. The normalized spacial score (nSPS) is 15.6. The van der Waals surface area contributed by atoms with Gasteiger partial charge < -0.3 is 9.30 Å². The van der Waals surface area contributed by atoms with Gasteiger partial charge in [0, 0.05) is 5.92 Å². The number of imidazole rings is 1. The highest BCUT2D eigenvalue weighted by molar-refractivity contribution is 5.76. The summed E-state index contributed by atoms with van der Waals surface area (Å²) in [6.45, 7) is 3.61. The molecule has 3 aromatic rings. The van der Waals surface area contributed by atoms with Crippen LogP contribution in [-0.4, -0.2) is 16.2 Å². The van der Waals surface area contributed by atoms with Crippen LogP contribution in [-0.2, 0) is 6.54 Å². The smallest absolute Gasteiger partial charge is 0.119 e. The van der Waals surface area contributed by atoms with E-state index in [1.54, 1.807) is 0 Å². The molecular weight excluding hydrogens is 308 g/mol. The Morgan fingerprint density at radius 3 is 2.56 bits per heavy atom. The summed E-state index contributed by atoms with van der Waals surface area (Å²) in [4.78, 5) is 4.98. The molecule has 1 heterocycles. The van der Waals surface area contributed by atoms with Crippen LogP contribution >= 0.6 is 0 Å². The topological polar surface area (TPSA) is 27.1 Å². The lowest BCUT2D eigenvalue weighted by atomic mass is 9.88. The molecule has 3 heteroatoms. The number of hydrogen-bond donors (Lipinski definition) is 0. The summed E-state index contributed by atoms with van der Waals surface area (Å²) in [6, 6.07) is 16.8. The van der Waals surface area contributed by atoms with Gasteiger partial charge in [-0.05, 0) is 44.0 Å². The minimum Gasteiger partial charge on any atom is -0.492 e. The molecule has 25 heavy (non-hydrogen) atoms. The third kappa shape index (κ3) is 3.55. The molecule has 3 nitrogen and oxygen atoms in total. The third-order valence-electron chi connectivity index (χ3n) is 5.26. The summed E-state index contributed by atoms with van der Waals surface area (Å²) in [7, 11) is 0. The van der Waals surface area contributed by atoms with Gasteiger partial charge in [0.25, 0.3) is 0 Å². The van der Waals surface area contributed by atoms with Crippen molar-refractivity contribution in [2.75, 3.05) is 6.61 Å². The van der Waals surface area contributed by atoms with Gasteiger partial charge in [-0.2, -0.15) is 0 Å². The average Bonchev–Trinajstić information content (AvgIpc) is 3.03. The third-order valence-corrected chi connectivity index (χ3v) is 5.26. The quantitative estimate of drug-likeness (QED) is 0.618. The Hall–Kier alpha value is -2.29. The summed E-state index contributed by atoms with van der Waals surface area (Å²) in [5.41, 5.74) is 3.60. The van der Waals surface area contributed by atoms with Crippen LogP contribution < -0.4 is 4.74 Å². The maximum absolute atomic E-state index is 5.98. The summed E-state index contributed by atoms with van der Waals surface area (Å²) in [5, 5.41) is 0. The zero-order valence-electron chi connectivity index (χ0n) is 14.9. The van der Waals surface area contributed by atoms with E-state index in [-0.39, 0.29) is 0 Å². The van der Waals surface area contributed by atoms with Gasteiger partial charge in [-0.3, -0.25) is 0 Å². The van der Waals surface area contributed by atoms with Crippen LogP contribution in [0.15, 0.2) is 48.5 Å². The zero-order valence-corrected chi connectivity index (χ0v) is 14.9. The fraction of sp³-hybridized carbons (Fsp3) is 0.409. The van der Waals surface area contributed by atoms with Crippen molar-refractivity contribution in [1.82, 2.24) is 9.55 Å². The molecule has 0 saturated heterocycles. The molecule has 130 valence electrons. The first-order chi connectivity index (χ1) is 12.3. The first-order valence-electron chi connectivity index (χ1n) is 9.46. The fourth-order valence-corrected chi connectivity index (χ4v) is 3.89. The van der Waals surface area contributed by atoms with E-state index in [4.69, 9.17) is 9.72 Å². The Kier molecular flexibility index (Phi) is 4.73. The molecule has 2 aromatic carbocycles. The predicted molar refractivity (Wildman–Crippen MR) is 102 cm³/mol. The molecule has 1 aliphatic carbocycles. The second kappa shape index (κ2) is 7.30. The first-order valence-corrected chi connectivity index (χ1v) is 9.46. The number of hydrogen-bond acceptors (Lipinski definition) is 2. The van der Waals surface area contributed by atoms with Crippen molar-refractivity contribution >= 4 is 11.0 Å². The van der Waals surface area contributed by atoms with Crippen molar-refractivity contribution in [1.29, 1.82) is 0 Å². The monoisotopic (exact) mass is 334 g/mol. The van der Waals surface area contributed by atoms with Gasteiger partial charge >= 0.3 is 0 Å². The molecule has 0 N–H and O–H groups in total. The fourth-order valence-electron chi connectivity index (χ4n) is 3.89. The number of nitrogens with zero attached hydrogens (tertiary/aromatic N) is 2. The van der Waals surface area contributed by atoms with E-state index in [2.05, 4.69) is 47.9 Å². The van der Waals surface area contributed by atoms with Gasteiger partial charge in [0.05, 0.1) is 17.6 Å². The molecule has 1 aliphatic rings. The lowest BCUT2D eigenvalue weighted by Crippen LogP contribution is -2.15. The number of benzene rings is 2. The lowest BCUT2D eigenvalue weighted by Gasteiger charge is -2.22. The van der Waals surface area contributed by atoms with Gasteiger partial charge in [0.2, 0.25) is 0 Å². The van der Waals surface area contributed by atoms with E-state index in [1.807, 2.05) is 12.1 Å². The summed E-state index contributed by atoms with van der Waals surface area (Å²) in [6.07, 6.45) is 6.55. The Bertz CT molecular complexity index is 829. The molecule has 0 amide bonds. The van der Waals surface area contributed by atoms with Crippen molar-refractivity contribution in [3.8, 4) is 5.75 Å². The van der Waals surface area contributed by atoms with Gasteiger partial charge in [-0.15, -0.1) is 0 Å². The Labute approximate surface area is 149 Å². The molecule has 0 atom stereocenters. The van der Waals surface area contributed by atoms with Crippen LogP contribution in [0, 0.1) is 6.92 Å². The van der Waals surface area contributed by atoms with Crippen molar-refractivity contribution in [3.63, 3.8) is 0 Å². The number of aryl methyl sites for hydroxylation is 1. The van der Waals surface area contributed by atoms with Gasteiger partial charge in [-0.25, -0.2) is 4.98 Å². The van der Waals surface area contributed by atoms with E-state index in [9.17, 15) is 0 Å². The van der Waals surface area contributed by atoms with E-state index in [0.717, 1.165) is 17.8 Å². The lowest BCUT2D eigenvalue weighted by molar-refractivity contribution is 0.294. The molecule has 0 unspecified atom stereocenters. The maximum atomic E-state index is 5.98. The SMILES string of the molecule is Cc1ccc(OCCn2c(C3CCCCC3)nc3ccccc32)cc1. The molecule has 0 radical (unpaired) electrons. The van der Waals surface area contributed by atoms with E-state index >= 15 is 0 Å². The minimum atomic E-state index is 0.598. The van der Waals surface area contributed by atoms with Crippen LogP contribution in [0.25, 0.3) is 11.0 Å². The summed E-state index contributed by atoms with van der Waals surface area (Å²) < 4.78 is 8.37. The molecule has 1 saturated carbocycles. The van der Waals surface area contributed by atoms with Crippen LogP contribution in [0.3, 0.4) is 0 Å². The Balaban J connectivity index is 1.55. The van der Waals surface area contributed by atoms with Crippen LogP contribution in [0.4, 0.5) is 0 Å². The standard InChI is InChI=1S/C22H26N2O/c1-17-11-13-19(14-12-17)25-16-15-24-21-10-6-5-9-20(21)23-22(24)18-7-3-2-4-8-18/h5-6,9-14,18H,2-4,7-8,15-16H2,1H3. The van der Waals surface area contributed by atoms with E-state index < -0.39 is 0 Å². The van der Waals surface area contributed by atoms with Gasteiger partial charge in [0.1, 0.15) is 18.2 Å². The number of aromatic nitrogens is 2. The molecule has 0 aliphatic heterocycles. The van der Waals surface area contributed by atoms with E-state index in [1.165, 1.54) is 49.0 Å². The second-order valence-electron chi connectivity index (χ2n) is 7.11. The highest BCUT2D eigenvalue weighted by atomic mass is 16.5. The van der Waals surface area contributed by atoms with Gasteiger partial charge in [-0.1, -0.05) is 49.1 Å². The van der Waals surface area contributed by atoms with Crippen LogP contribution in [0.1, 0.15) is 49.4 Å². The minimum absolute atomic E-state index is 0.598. The van der Waals surface area contributed by atoms with Crippen molar-refractivity contribution in [3.05, 3.63) is 59.9 Å². The molecule has 1 fully saturated rings. The Morgan fingerprint density at radius 1 is 1.00 bits per heavy atom. The number of ether oxygens (including phenoxy) is 1. The molecule has 0 bridgehead atoms. The zero-order chi connectivity index (χ0) is 17.1. The Morgan fingerprint density at radius 2 is 1.76 bits per heavy atom. The maximum Gasteiger partial charge on any atom is 0.119 e. The molecule has 1 aromatic heterocycles. The van der Waals surface area contributed by atoms with E-state index in [0.29, 0.717) is 12.5 Å². The summed E-state index contributed by atoms with van der Waals surface area (Å²) in [5.74, 6) is 2.79. The number of fused-ring (bicyclic) bond motifs is 1. The van der Waals surface area contributed by atoms with Crippen LogP contribution in [0.2, 0.25) is 0 Å². The van der Waals surface area contributed by atoms with Gasteiger partial charge in [0.15, 0.2) is 0 Å². The number of para-hydroxylation sites is 2. The van der Waals surface area contributed by atoms with Crippen molar-refractivity contribution in [2.45, 2.75) is 51.5 Å². The average molecular weight is 334 g/mol. The van der Waals surface area contributed by atoms with Crippen LogP contribution in [0.5, 0.6) is 5.75 Å². The van der Waals surface area contributed by atoms with Crippen molar-refractivity contribution in [2.24, 2.45) is 0 Å². The largest absolute Gasteiger partial charge is 0.492 e. The highest BCUT2D eigenvalue weighted by Crippen LogP contribution is 2.33. The molecular formula is C22H26N2O.